The van der Waals surface area contributed by atoms with E-state index in [4.69, 9.17) is 14.2 Å². The van der Waals surface area contributed by atoms with Gasteiger partial charge in [0, 0.05) is 6.07 Å². The van der Waals surface area contributed by atoms with Crippen LogP contribution in [0, 0.1) is 0 Å². The summed E-state index contributed by atoms with van der Waals surface area (Å²) in [7, 11) is -1.27. The number of benzene rings is 3. The highest BCUT2D eigenvalue weighted by Crippen LogP contribution is 2.35. The Hall–Kier alpha value is -4.25. The van der Waals surface area contributed by atoms with Gasteiger partial charge in [-0.25, -0.2) is 13.8 Å². The molecule has 3 rings (SSSR count). The maximum atomic E-state index is 13.5. The molecular weight excluding hydrogens is 486 g/mol. The number of hydrazone groups is 1. The molecule has 1 amide bonds. The van der Waals surface area contributed by atoms with Gasteiger partial charge in [0.15, 0.2) is 11.5 Å². The fourth-order valence-corrected chi connectivity index (χ4v) is 4.69. The summed E-state index contributed by atoms with van der Waals surface area (Å²) in [5.41, 5.74) is 3.05. The Labute approximate surface area is 209 Å². The predicted octanol–water partition coefficient (Wildman–Crippen LogP) is 3.15. The van der Waals surface area contributed by atoms with Crippen molar-refractivity contribution in [1.82, 2.24) is 5.43 Å². The second kappa shape index (κ2) is 11.9. The van der Waals surface area contributed by atoms with Crippen molar-refractivity contribution in [3.8, 4) is 23.0 Å². The summed E-state index contributed by atoms with van der Waals surface area (Å²) in [6.45, 7) is 1.58. The zero-order valence-corrected chi connectivity index (χ0v) is 20.9. The van der Waals surface area contributed by atoms with Crippen LogP contribution in [0.15, 0.2) is 76.7 Å². The van der Waals surface area contributed by atoms with Crippen LogP contribution in [0.3, 0.4) is 0 Å². The van der Waals surface area contributed by atoms with E-state index in [0.717, 1.165) is 4.31 Å². The molecule has 0 radical (unpaired) electrons. The van der Waals surface area contributed by atoms with Crippen molar-refractivity contribution >= 4 is 27.8 Å². The van der Waals surface area contributed by atoms with Crippen LogP contribution in [-0.2, 0) is 14.8 Å². The molecule has 0 unspecified atom stereocenters. The van der Waals surface area contributed by atoms with Gasteiger partial charge in [-0.2, -0.15) is 5.10 Å². The number of rotatable bonds is 11. The summed E-state index contributed by atoms with van der Waals surface area (Å²) in [5.74, 6) is 0.236. The Bertz CT molecular complexity index is 1330. The van der Waals surface area contributed by atoms with E-state index in [9.17, 15) is 18.3 Å². The van der Waals surface area contributed by atoms with Crippen LogP contribution >= 0.6 is 0 Å². The fraction of sp³-hybridized carbons (Fsp3) is 0.200. The van der Waals surface area contributed by atoms with Crippen molar-refractivity contribution in [2.75, 3.05) is 31.7 Å². The van der Waals surface area contributed by atoms with Gasteiger partial charge in [-0.3, -0.25) is 9.10 Å². The zero-order chi connectivity index (χ0) is 26.1. The van der Waals surface area contributed by atoms with Crippen LogP contribution in [0.2, 0.25) is 0 Å². The number of amides is 1. The van der Waals surface area contributed by atoms with Gasteiger partial charge in [-0.15, -0.1) is 0 Å². The Morgan fingerprint density at radius 1 is 1.03 bits per heavy atom. The van der Waals surface area contributed by atoms with Crippen molar-refractivity contribution < 1.29 is 32.5 Å². The highest BCUT2D eigenvalue weighted by molar-refractivity contribution is 7.92. The van der Waals surface area contributed by atoms with Gasteiger partial charge in [0.25, 0.3) is 15.9 Å². The van der Waals surface area contributed by atoms with Crippen LogP contribution in [0.5, 0.6) is 23.0 Å². The number of carbonyl (C=O) groups excluding carboxylic acids is 1. The van der Waals surface area contributed by atoms with Crippen molar-refractivity contribution in [1.29, 1.82) is 0 Å². The lowest BCUT2D eigenvalue weighted by molar-refractivity contribution is -0.119. The van der Waals surface area contributed by atoms with E-state index < -0.39 is 22.5 Å². The molecule has 0 aliphatic heterocycles. The fourth-order valence-electron chi connectivity index (χ4n) is 3.24. The molecule has 190 valence electrons. The summed E-state index contributed by atoms with van der Waals surface area (Å²) in [5, 5.41) is 13.7. The molecule has 10 nitrogen and oxygen atoms in total. The number of aromatic hydroxyl groups is 1. The molecule has 11 heteroatoms. The molecular formula is C25H27N3O7S. The maximum Gasteiger partial charge on any atom is 0.264 e. The van der Waals surface area contributed by atoms with E-state index in [2.05, 4.69) is 10.5 Å². The topological polar surface area (TPSA) is 127 Å². The number of nitrogens with one attached hydrogen (secondary N) is 1. The van der Waals surface area contributed by atoms with Gasteiger partial charge in [0.05, 0.1) is 37.6 Å². The number of phenolic OH excluding ortho intramolecular Hbond substituents is 1. The molecule has 0 aromatic heterocycles. The molecule has 0 atom stereocenters. The van der Waals surface area contributed by atoms with Crippen molar-refractivity contribution in [3.05, 3.63) is 72.3 Å². The minimum absolute atomic E-state index is 0.00622. The van der Waals surface area contributed by atoms with Crippen molar-refractivity contribution in [2.24, 2.45) is 5.10 Å². The Balaban J connectivity index is 1.88. The molecule has 0 spiro atoms. The van der Waals surface area contributed by atoms with E-state index in [1.54, 1.807) is 43.3 Å². The lowest BCUT2D eigenvalue weighted by Gasteiger charge is -2.25. The van der Waals surface area contributed by atoms with E-state index in [-0.39, 0.29) is 27.8 Å². The van der Waals surface area contributed by atoms with Crippen LogP contribution in [-0.4, -0.2) is 53.0 Å². The number of anilines is 1. The lowest BCUT2D eigenvalue weighted by atomic mass is 10.2. The smallest absolute Gasteiger partial charge is 0.264 e. The third-order valence-corrected chi connectivity index (χ3v) is 6.73. The van der Waals surface area contributed by atoms with Gasteiger partial charge < -0.3 is 19.3 Å². The van der Waals surface area contributed by atoms with Crippen LogP contribution < -0.4 is 23.9 Å². The lowest BCUT2D eigenvalue weighted by Crippen LogP contribution is -2.39. The highest BCUT2D eigenvalue weighted by Gasteiger charge is 2.29. The second-order valence-corrected chi connectivity index (χ2v) is 9.18. The molecule has 0 bridgehead atoms. The summed E-state index contributed by atoms with van der Waals surface area (Å²) in [6.07, 6.45) is 1.35. The first-order valence-electron chi connectivity index (χ1n) is 10.9. The second-order valence-electron chi connectivity index (χ2n) is 7.32. The average molecular weight is 514 g/mol. The molecule has 3 aromatic carbocycles. The number of nitrogens with zero attached hydrogens (tertiary/aromatic N) is 2. The van der Waals surface area contributed by atoms with Gasteiger partial charge in [0.1, 0.15) is 18.0 Å². The largest absolute Gasteiger partial charge is 0.504 e. The number of hydrogen-bond donors (Lipinski definition) is 2. The average Bonchev–Trinajstić information content (AvgIpc) is 2.89. The molecule has 0 saturated carbocycles. The zero-order valence-electron chi connectivity index (χ0n) is 20.0. The van der Waals surface area contributed by atoms with Gasteiger partial charge in [-0.1, -0.05) is 18.2 Å². The molecule has 0 aliphatic rings. The van der Waals surface area contributed by atoms with Gasteiger partial charge >= 0.3 is 0 Å². The van der Waals surface area contributed by atoms with Crippen LogP contribution in [0.4, 0.5) is 5.69 Å². The summed E-state index contributed by atoms with van der Waals surface area (Å²) < 4.78 is 43.9. The van der Waals surface area contributed by atoms with Gasteiger partial charge in [0.2, 0.25) is 0 Å². The SMILES string of the molecule is CCOc1cc(/C=N\NC(=O)CN(c2ccc(OC)cc2OC)S(=O)(=O)c2ccccc2)ccc1O. The first kappa shape index (κ1) is 26.4. The molecule has 0 saturated heterocycles. The van der Waals surface area contributed by atoms with Gasteiger partial charge in [-0.05, 0) is 55.0 Å². The first-order valence-corrected chi connectivity index (χ1v) is 12.3. The molecule has 0 heterocycles. The first-order chi connectivity index (χ1) is 17.3. The Kier molecular flexibility index (Phi) is 8.74. The predicted molar refractivity (Wildman–Crippen MR) is 136 cm³/mol. The summed E-state index contributed by atoms with van der Waals surface area (Å²) in [4.78, 5) is 12.8. The molecule has 3 aromatic rings. The quantitative estimate of drug-likeness (QED) is 0.298. The molecule has 2 N–H and O–H groups in total. The number of carbonyl (C=O) groups is 1. The van der Waals surface area contributed by atoms with Crippen molar-refractivity contribution in [2.45, 2.75) is 11.8 Å². The third-order valence-electron chi connectivity index (χ3n) is 4.96. The number of hydrogen-bond acceptors (Lipinski definition) is 8. The summed E-state index contributed by atoms with van der Waals surface area (Å²) in [6, 6.07) is 16.9. The Morgan fingerprint density at radius 2 is 1.78 bits per heavy atom. The van der Waals surface area contributed by atoms with Crippen LogP contribution in [0.25, 0.3) is 0 Å². The minimum Gasteiger partial charge on any atom is -0.504 e. The number of phenols is 1. The highest BCUT2D eigenvalue weighted by atomic mass is 32.2. The van der Waals surface area contributed by atoms with E-state index >= 15 is 0 Å². The maximum absolute atomic E-state index is 13.5. The van der Waals surface area contributed by atoms with E-state index in [1.165, 1.54) is 50.8 Å². The number of methoxy groups -OCH3 is 2. The third kappa shape index (κ3) is 6.25. The number of ether oxygens (including phenoxy) is 3. The summed E-state index contributed by atoms with van der Waals surface area (Å²) >= 11 is 0. The van der Waals surface area contributed by atoms with E-state index in [0.29, 0.717) is 17.9 Å². The normalized spacial score (nSPS) is 11.2. The standard InChI is InChI=1S/C25H27N3O7S/c1-4-35-24-14-18(10-13-22(24)29)16-26-27-25(30)17-28(36(31,32)20-8-6-5-7-9-20)21-12-11-19(33-2)15-23(21)34-3/h5-16,29H,4,17H2,1-3H3,(H,27,30)/b26-16-. The molecule has 36 heavy (non-hydrogen) atoms. The van der Waals surface area contributed by atoms with E-state index in [1.807, 2.05) is 0 Å². The van der Waals surface area contributed by atoms with Crippen molar-refractivity contribution in [3.63, 3.8) is 0 Å². The molecule has 0 fully saturated rings. The number of sulfonamides is 1. The minimum atomic E-state index is -4.14. The van der Waals surface area contributed by atoms with Crippen LogP contribution in [0.1, 0.15) is 12.5 Å². The monoisotopic (exact) mass is 513 g/mol. The Morgan fingerprint density at radius 3 is 2.44 bits per heavy atom. The molecule has 0 aliphatic carbocycles.